The first kappa shape index (κ1) is 41.6. The fourth-order valence-corrected chi connectivity index (χ4v) is 5.21. The molecular weight excluding hydrogens is 665 g/mol. The fraction of sp³-hybridized carbons (Fsp3) is 0.436. The van der Waals surface area contributed by atoms with Crippen molar-refractivity contribution in [2.45, 2.75) is 74.7 Å². The summed E-state index contributed by atoms with van der Waals surface area (Å²) in [6.45, 7) is 18.8. The number of nitrogens with one attached hydrogen (secondary N) is 5. The van der Waals surface area contributed by atoms with Crippen molar-refractivity contribution in [3.05, 3.63) is 89.5 Å². The summed E-state index contributed by atoms with van der Waals surface area (Å²) in [5.74, 6) is 0.629. The van der Waals surface area contributed by atoms with Gasteiger partial charge in [-0.25, -0.2) is 0 Å². The lowest BCUT2D eigenvalue weighted by molar-refractivity contribution is -0.130. The van der Waals surface area contributed by atoms with Crippen molar-refractivity contribution in [1.82, 2.24) is 15.5 Å². The zero-order valence-corrected chi connectivity index (χ0v) is 33.0. The van der Waals surface area contributed by atoms with Crippen LogP contribution in [0.25, 0.3) is 0 Å². The van der Waals surface area contributed by atoms with E-state index in [9.17, 15) is 4.79 Å². The molecule has 266 valence electrons. The van der Waals surface area contributed by atoms with Gasteiger partial charge in [0.2, 0.25) is 5.91 Å². The Labute approximate surface area is 311 Å². The average Bonchev–Trinajstić information content (AvgIpc) is 3.06. The second kappa shape index (κ2) is 21.5. The van der Waals surface area contributed by atoms with Gasteiger partial charge in [0.25, 0.3) is 0 Å². The number of nitrogens with zero attached hydrogens (tertiary/aromatic N) is 1. The molecule has 0 atom stereocenters. The molecule has 49 heavy (non-hydrogen) atoms. The quantitative estimate of drug-likeness (QED) is 0.105. The third-order valence-corrected chi connectivity index (χ3v) is 8.62. The molecule has 0 aliphatic carbocycles. The van der Waals surface area contributed by atoms with Crippen molar-refractivity contribution in [3.8, 4) is 0 Å². The molecule has 3 rings (SSSR count). The van der Waals surface area contributed by atoms with Crippen LogP contribution < -0.4 is 26.6 Å². The highest BCUT2D eigenvalue weighted by Gasteiger charge is 2.18. The SMILES string of the molecule is CC.CCc1ccc(NC(=S)NCCN(CCNC(=S)Nc2ccc(CC(C)C)cc2)C(=O)Cc2ccc(NC(=S)C(C)(C)C)cc2)cc1. The predicted molar refractivity (Wildman–Crippen MR) is 223 cm³/mol. The number of hydrogen-bond donors (Lipinski definition) is 5. The molecule has 0 aliphatic rings. The second-order valence-corrected chi connectivity index (χ2v) is 14.3. The van der Waals surface area contributed by atoms with Crippen molar-refractivity contribution >= 4 is 74.8 Å². The summed E-state index contributed by atoms with van der Waals surface area (Å²) in [5, 5.41) is 17.3. The van der Waals surface area contributed by atoms with E-state index in [-0.39, 0.29) is 17.7 Å². The summed E-state index contributed by atoms with van der Waals surface area (Å²) in [6.07, 6.45) is 2.31. The van der Waals surface area contributed by atoms with E-state index in [1.54, 1.807) is 0 Å². The first-order chi connectivity index (χ1) is 23.3. The molecule has 0 aliphatic heterocycles. The molecule has 0 radical (unpaired) electrons. The van der Waals surface area contributed by atoms with Crippen LogP contribution in [0.2, 0.25) is 0 Å². The number of carbonyl (C=O) groups is 1. The molecule has 1 amide bonds. The van der Waals surface area contributed by atoms with Crippen LogP contribution in [0.4, 0.5) is 17.1 Å². The highest BCUT2D eigenvalue weighted by molar-refractivity contribution is 7.81. The van der Waals surface area contributed by atoms with E-state index in [0.717, 1.165) is 40.5 Å². The summed E-state index contributed by atoms with van der Waals surface area (Å²) in [4.78, 5) is 16.2. The topological polar surface area (TPSA) is 80.5 Å². The van der Waals surface area contributed by atoms with Crippen molar-refractivity contribution in [2.75, 3.05) is 42.1 Å². The van der Waals surface area contributed by atoms with Gasteiger partial charge in [-0.05, 0) is 96.3 Å². The number of rotatable bonds is 14. The van der Waals surface area contributed by atoms with Gasteiger partial charge in [-0.1, -0.05) is 104 Å². The van der Waals surface area contributed by atoms with Crippen molar-refractivity contribution in [2.24, 2.45) is 11.3 Å². The van der Waals surface area contributed by atoms with Gasteiger partial charge < -0.3 is 31.5 Å². The lowest BCUT2D eigenvalue weighted by Crippen LogP contribution is -2.44. The molecule has 10 heteroatoms. The molecule has 0 saturated carbocycles. The molecule has 3 aromatic carbocycles. The van der Waals surface area contributed by atoms with Gasteiger partial charge >= 0.3 is 0 Å². The fourth-order valence-electron chi connectivity index (χ4n) is 4.65. The maximum Gasteiger partial charge on any atom is 0.227 e. The standard InChI is InChI=1S/C37H50N6OS3.C2H6/c1-7-27-8-14-31(15-9-27)41-35(46)38-20-22-43(23-21-39-36(47)42-32-18-10-28(11-19-32)24-26(2)3)33(44)25-29-12-16-30(17-13-29)40-34(45)37(4,5)6;1-2/h8-19,26H,7,20-25H2,1-6H3,(H,40,45)(H2,38,41,46)(H2,39,42,47);1-2H3. The van der Waals surface area contributed by atoms with E-state index in [4.69, 9.17) is 36.7 Å². The Balaban J connectivity index is 0.00000409. The van der Waals surface area contributed by atoms with Crippen molar-refractivity contribution in [1.29, 1.82) is 0 Å². The van der Waals surface area contributed by atoms with Crippen LogP contribution in [-0.4, -0.2) is 52.2 Å². The molecule has 0 aromatic heterocycles. The molecule has 7 nitrogen and oxygen atoms in total. The van der Waals surface area contributed by atoms with E-state index in [0.29, 0.717) is 42.3 Å². The van der Waals surface area contributed by atoms with Crippen LogP contribution in [0.5, 0.6) is 0 Å². The normalized spacial score (nSPS) is 10.7. The molecule has 0 saturated heterocycles. The van der Waals surface area contributed by atoms with Gasteiger partial charge in [-0.15, -0.1) is 0 Å². The molecule has 5 N–H and O–H groups in total. The summed E-state index contributed by atoms with van der Waals surface area (Å²) in [5.41, 5.74) is 6.14. The van der Waals surface area contributed by atoms with Crippen molar-refractivity contribution < 1.29 is 4.79 Å². The Bertz CT molecular complexity index is 1470. The average molecular weight is 721 g/mol. The summed E-state index contributed by atoms with van der Waals surface area (Å²) in [7, 11) is 0. The maximum atomic E-state index is 13.5. The third kappa shape index (κ3) is 16.1. The first-order valence-electron chi connectivity index (χ1n) is 17.3. The van der Waals surface area contributed by atoms with Gasteiger partial charge in [0.05, 0.1) is 11.4 Å². The second-order valence-electron chi connectivity index (χ2n) is 13.1. The zero-order valence-electron chi connectivity index (χ0n) is 30.5. The van der Waals surface area contributed by atoms with Crippen LogP contribution in [0.15, 0.2) is 72.8 Å². The summed E-state index contributed by atoms with van der Waals surface area (Å²) in [6, 6.07) is 24.4. The Kier molecular flexibility index (Phi) is 18.2. The highest BCUT2D eigenvalue weighted by Crippen LogP contribution is 2.20. The molecule has 0 bridgehead atoms. The molecular formula is C39H56N6OS3. The number of benzene rings is 3. The Morgan fingerprint density at radius 3 is 1.49 bits per heavy atom. The Hall–Kier alpha value is -3.60. The van der Waals surface area contributed by atoms with E-state index in [2.05, 4.69) is 92.4 Å². The molecule has 3 aromatic rings. The predicted octanol–water partition coefficient (Wildman–Crippen LogP) is 8.60. The van der Waals surface area contributed by atoms with Crippen LogP contribution in [0.3, 0.4) is 0 Å². The molecule has 0 spiro atoms. The maximum absolute atomic E-state index is 13.5. The molecule has 0 unspecified atom stereocenters. The largest absolute Gasteiger partial charge is 0.361 e. The number of carbonyl (C=O) groups excluding carboxylic acids is 1. The van der Waals surface area contributed by atoms with Crippen LogP contribution in [-0.2, 0) is 24.1 Å². The number of hydrogen-bond acceptors (Lipinski definition) is 4. The highest BCUT2D eigenvalue weighted by atomic mass is 32.1. The summed E-state index contributed by atoms with van der Waals surface area (Å²) >= 11 is 16.6. The van der Waals surface area contributed by atoms with Gasteiger partial charge in [0.1, 0.15) is 0 Å². The van der Waals surface area contributed by atoms with Gasteiger partial charge in [0, 0.05) is 48.7 Å². The lowest BCUT2D eigenvalue weighted by atomic mass is 9.96. The van der Waals surface area contributed by atoms with Crippen LogP contribution in [0.1, 0.15) is 72.1 Å². The number of aryl methyl sites for hydroxylation is 1. The minimum Gasteiger partial charge on any atom is -0.361 e. The number of amides is 1. The van der Waals surface area contributed by atoms with Gasteiger partial charge in [-0.3, -0.25) is 4.79 Å². The smallest absolute Gasteiger partial charge is 0.227 e. The third-order valence-electron chi connectivity index (χ3n) is 7.41. The van der Waals surface area contributed by atoms with Crippen LogP contribution in [0, 0.1) is 11.3 Å². The minimum absolute atomic E-state index is 0.0215. The zero-order chi connectivity index (χ0) is 36.4. The molecule has 0 fully saturated rings. The Morgan fingerprint density at radius 1 is 0.673 bits per heavy atom. The molecule has 0 heterocycles. The van der Waals surface area contributed by atoms with E-state index in [1.165, 1.54) is 11.1 Å². The van der Waals surface area contributed by atoms with E-state index in [1.807, 2.05) is 67.3 Å². The Morgan fingerprint density at radius 2 is 1.08 bits per heavy atom. The minimum atomic E-state index is -0.125. The van der Waals surface area contributed by atoms with E-state index >= 15 is 0 Å². The first-order valence-corrected chi connectivity index (χ1v) is 18.5. The number of anilines is 3. The van der Waals surface area contributed by atoms with Gasteiger partial charge in [0.15, 0.2) is 10.2 Å². The summed E-state index contributed by atoms with van der Waals surface area (Å²) < 4.78 is 0. The van der Waals surface area contributed by atoms with Crippen LogP contribution >= 0.6 is 36.7 Å². The number of thiocarbonyl (C=S) groups is 3. The monoisotopic (exact) mass is 720 g/mol. The van der Waals surface area contributed by atoms with Gasteiger partial charge in [-0.2, -0.15) is 0 Å². The lowest BCUT2D eigenvalue weighted by Gasteiger charge is -2.24. The van der Waals surface area contributed by atoms with E-state index < -0.39 is 0 Å². The van der Waals surface area contributed by atoms with Crippen molar-refractivity contribution in [3.63, 3.8) is 0 Å².